The number of nitrogens with zero attached hydrogens (tertiary/aromatic N) is 1. The molecule has 3 N–H and O–H groups in total. The first-order chi connectivity index (χ1) is 10.1. The van der Waals surface area contributed by atoms with Crippen molar-refractivity contribution in [1.82, 2.24) is 4.90 Å². The summed E-state index contributed by atoms with van der Waals surface area (Å²) in [6, 6.07) is 8.74. The van der Waals surface area contributed by atoms with Crippen molar-refractivity contribution in [3.63, 3.8) is 0 Å². The number of nitrogens with one attached hydrogen (secondary N) is 1. The second-order valence-corrected chi connectivity index (χ2v) is 5.70. The number of nitrogens with two attached hydrogens (primary N) is 1. The van der Waals surface area contributed by atoms with Crippen LogP contribution in [0, 0.1) is 0 Å². The Balaban J connectivity index is 1.79. The number of piperidine rings is 1. The van der Waals surface area contributed by atoms with Gasteiger partial charge in [-0.15, -0.1) is 0 Å². The number of anilines is 1. The van der Waals surface area contributed by atoms with E-state index in [2.05, 4.69) is 17.1 Å². The molecule has 0 aliphatic carbocycles. The molecule has 1 amide bonds. The van der Waals surface area contributed by atoms with Crippen molar-refractivity contribution in [2.45, 2.75) is 38.3 Å². The number of amides is 1. The summed E-state index contributed by atoms with van der Waals surface area (Å²) in [7, 11) is 1.67. The van der Waals surface area contributed by atoms with Gasteiger partial charge in [0.1, 0.15) is 5.75 Å². The number of likely N-dealkylation sites (tertiary alicyclic amines) is 1. The van der Waals surface area contributed by atoms with Crippen molar-refractivity contribution >= 4 is 11.6 Å². The van der Waals surface area contributed by atoms with Crippen LogP contribution in [0.1, 0.15) is 26.2 Å². The van der Waals surface area contributed by atoms with Gasteiger partial charge in [-0.25, -0.2) is 0 Å². The molecule has 0 saturated carbocycles. The lowest BCUT2D eigenvalue weighted by Crippen LogP contribution is -2.44. The molecule has 5 nitrogen and oxygen atoms in total. The predicted octanol–water partition coefficient (Wildman–Crippen LogP) is 1.84. The lowest BCUT2D eigenvalue weighted by atomic mass is 10.0. The zero-order valence-corrected chi connectivity index (χ0v) is 12.8. The lowest BCUT2D eigenvalue weighted by Gasteiger charge is -2.36. The fourth-order valence-corrected chi connectivity index (χ4v) is 2.83. The molecule has 0 aromatic heterocycles. The molecule has 1 aliphatic heterocycles. The normalized spacial score (nSPS) is 18.2. The Morgan fingerprint density at radius 3 is 2.52 bits per heavy atom. The molecule has 1 unspecified atom stereocenters. The van der Waals surface area contributed by atoms with Crippen molar-refractivity contribution in [1.29, 1.82) is 0 Å². The first-order valence-electron chi connectivity index (χ1n) is 7.51. The molecular formula is C16H25N3O2. The van der Waals surface area contributed by atoms with E-state index in [1.807, 2.05) is 24.3 Å². The van der Waals surface area contributed by atoms with Crippen molar-refractivity contribution in [2.75, 3.05) is 25.5 Å². The monoisotopic (exact) mass is 291 g/mol. The second-order valence-electron chi connectivity index (χ2n) is 5.70. The molecule has 1 aliphatic rings. The first kappa shape index (κ1) is 15.6. The number of methoxy groups -OCH3 is 1. The van der Waals surface area contributed by atoms with Crippen molar-refractivity contribution < 1.29 is 9.53 Å². The minimum Gasteiger partial charge on any atom is -0.497 e. The van der Waals surface area contributed by atoms with Gasteiger partial charge in [0.25, 0.3) is 0 Å². The van der Waals surface area contributed by atoms with Gasteiger partial charge in [0.05, 0.1) is 7.11 Å². The highest BCUT2D eigenvalue weighted by molar-refractivity contribution is 5.74. The van der Waals surface area contributed by atoms with Crippen molar-refractivity contribution in [3.8, 4) is 5.75 Å². The molecule has 1 atom stereocenters. The number of primary amides is 1. The molecule has 1 aromatic rings. The number of rotatable bonds is 6. The maximum absolute atomic E-state index is 11.0. The summed E-state index contributed by atoms with van der Waals surface area (Å²) in [5, 5.41) is 3.56. The SMILES string of the molecule is COc1ccc(NC2CCN(C(C)CC(N)=O)CC2)cc1. The highest BCUT2D eigenvalue weighted by atomic mass is 16.5. The van der Waals surface area contributed by atoms with Gasteiger partial charge in [0, 0.05) is 37.3 Å². The van der Waals surface area contributed by atoms with E-state index in [1.54, 1.807) is 7.11 Å². The summed E-state index contributed by atoms with van der Waals surface area (Å²) in [6.07, 6.45) is 2.60. The molecule has 0 spiro atoms. The number of ether oxygens (including phenoxy) is 1. The molecule has 1 heterocycles. The van der Waals surface area contributed by atoms with Crippen LogP contribution in [0.15, 0.2) is 24.3 Å². The second kappa shape index (κ2) is 7.31. The van der Waals surface area contributed by atoms with E-state index in [0.29, 0.717) is 12.5 Å². The molecule has 2 rings (SSSR count). The van der Waals surface area contributed by atoms with E-state index in [4.69, 9.17) is 10.5 Å². The van der Waals surface area contributed by atoms with Gasteiger partial charge in [-0.3, -0.25) is 9.69 Å². The van der Waals surface area contributed by atoms with Crippen LogP contribution in [0.2, 0.25) is 0 Å². The quantitative estimate of drug-likeness (QED) is 0.839. The van der Waals surface area contributed by atoms with Crippen LogP contribution in [0.3, 0.4) is 0 Å². The molecule has 0 bridgehead atoms. The summed E-state index contributed by atoms with van der Waals surface area (Å²) in [4.78, 5) is 13.3. The van der Waals surface area contributed by atoms with E-state index in [0.717, 1.165) is 37.4 Å². The van der Waals surface area contributed by atoms with Crippen molar-refractivity contribution in [3.05, 3.63) is 24.3 Å². The minimum atomic E-state index is -0.221. The van der Waals surface area contributed by atoms with Gasteiger partial charge >= 0.3 is 0 Å². The highest BCUT2D eigenvalue weighted by Gasteiger charge is 2.23. The predicted molar refractivity (Wildman–Crippen MR) is 84.5 cm³/mol. The molecule has 21 heavy (non-hydrogen) atoms. The topological polar surface area (TPSA) is 67.6 Å². The van der Waals surface area contributed by atoms with Crippen LogP contribution < -0.4 is 15.8 Å². The summed E-state index contributed by atoms with van der Waals surface area (Å²) < 4.78 is 5.16. The summed E-state index contributed by atoms with van der Waals surface area (Å²) >= 11 is 0. The van der Waals surface area contributed by atoms with Gasteiger partial charge in [0.15, 0.2) is 0 Å². The van der Waals surface area contributed by atoms with Crippen LogP contribution in [0.25, 0.3) is 0 Å². The van der Waals surface area contributed by atoms with E-state index >= 15 is 0 Å². The standard InChI is InChI=1S/C16H25N3O2/c1-12(11-16(17)20)19-9-7-14(8-10-19)18-13-3-5-15(21-2)6-4-13/h3-6,12,14,18H,7-11H2,1-2H3,(H2,17,20). The van der Waals surface area contributed by atoms with Gasteiger partial charge in [0.2, 0.25) is 5.91 Å². The summed E-state index contributed by atoms with van der Waals surface area (Å²) in [6.45, 7) is 4.08. The molecular weight excluding hydrogens is 266 g/mol. The lowest BCUT2D eigenvalue weighted by molar-refractivity contribution is -0.119. The van der Waals surface area contributed by atoms with Crippen LogP contribution in [-0.2, 0) is 4.79 Å². The Morgan fingerprint density at radius 2 is 2.00 bits per heavy atom. The van der Waals surface area contributed by atoms with Gasteiger partial charge < -0.3 is 15.8 Å². The third-order valence-electron chi connectivity index (χ3n) is 4.11. The zero-order chi connectivity index (χ0) is 15.2. The minimum absolute atomic E-state index is 0.221. The van der Waals surface area contributed by atoms with Crippen LogP contribution in [0.4, 0.5) is 5.69 Å². The Bertz CT molecular complexity index is 453. The van der Waals surface area contributed by atoms with E-state index < -0.39 is 0 Å². The maximum Gasteiger partial charge on any atom is 0.218 e. The number of hydrogen-bond donors (Lipinski definition) is 2. The smallest absolute Gasteiger partial charge is 0.218 e. The maximum atomic E-state index is 11.0. The number of benzene rings is 1. The number of carbonyl (C=O) groups excluding carboxylic acids is 1. The van der Waals surface area contributed by atoms with Crippen LogP contribution >= 0.6 is 0 Å². The molecule has 1 saturated heterocycles. The van der Waals surface area contributed by atoms with Gasteiger partial charge in [-0.2, -0.15) is 0 Å². The highest BCUT2D eigenvalue weighted by Crippen LogP contribution is 2.20. The first-order valence-corrected chi connectivity index (χ1v) is 7.51. The zero-order valence-electron chi connectivity index (χ0n) is 12.8. The third kappa shape index (κ3) is 4.63. The molecule has 5 heteroatoms. The molecule has 116 valence electrons. The van der Waals surface area contributed by atoms with Gasteiger partial charge in [-0.05, 0) is 44.0 Å². The Labute approximate surface area is 126 Å². The van der Waals surface area contributed by atoms with Crippen LogP contribution in [-0.4, -0.2) is 43.1 Å². The fraction of sp³-hybridized carbons (Fsp3) is 0.562. The number of hydrogen-bond acceptors (Lipinski definition) is 4. The average molecular weight is 291 g/mol. The molecule has 1 fully saturated rings. The van der Waals surface area contributed by atoms with Crippen LogP contribution in [0.5, 0.6) is 5.75 Å². The Hall–Kier alpha value is -1.75. The van der Waals surface area contributed by atoms with E-state index in [1.165, 1.54) is 0 Å². The van der Waals surface area contributed by atoms with Crippen molar-refractivity contribution in [2.24, 2.45) is 5.73 Å². The summed E-state index contributed by atoms with van der Waals surface area (Å²) in [5.74, 6) is 0.650. The van der Waals surface area contributed by atoms with E-state index in [9.17, 15) is 4.79 Å². The van der Waals surface area contributed by atoms with Gasteiger partial charge in [-0.1, -0.05) is 0 Å². The third-order valence-corrected chi connectivity index (χ3v) is 4.11. The average Bonchev–Trinajstić information content (AvgIpc) is 2.48. The summed E-state index contributed by atoms with van der Waals surface area (Å²) in [5.41, 5.74) is 6.39. The Morgan fingerprint density at radius 1 is 1.38 bits per heavy atom. The van der Waals surface area contributed by atoms with E-state index in [-0.39, 0.29) is 11.9 Å². The number of carbonyl (C=O) groups is 1. The largest absolute Gasteiger partial charge is 0.497 e. The Kier molecular flexibility index (Phi) is 5.44. The fourth-order valence-electron chi connectivity index (χ4n) is 2.83. The molecule has 0 radical (unpaired) electrons. The molecule has 1 aromatic carbocycles.